The molecule has 3 aromatic rings. The highest BCUT2D eigenvalue weighted by molar-refractivity contribution is 7.91. The quantitative estimate of drug-likeness (QED) is 0.732. The van der Waals surface area contributed by atoms with Crippen molar-refractivity contribution in [1.29, 1.82) is 0 Å². The summed E-state index contributed by atoms with van der Waals surface area (Å²) in [5.74, 6) is 0.452. The van der Waals surface area contributed by atoms with Crippen LogP contribution in [0.2, 0.25) is 0 Å². The monoisotopic (exact) mass is 398 g/mol. The molecule has 4 rings (SSSR count). The van der Waals surface area contributed by atoms with E-state index in [1.165, 1.54) is 0 Å². The van der Waals surface area contributed by atoms with Crippen LogP contribution in [0.3, 0.4) is 0 Å². The fourth-order valence-corrected chi connectivity index (χ4v) is 5.39. The zero-order chi connectivity index (χ0) is 20.1. The van der Waals surface area contributed by atoms with Gasteiger partial charge in [0.2, 0.25) is 0 Å². The highest BCUT2D eigenvalue weighted by atomic mass is 32.2. The van der Waals surface area contributed by atoms with Crippen LogP contribution in [0.5, 0.6) is 0 Å². The van der Waals surface area contributed by atoms with Gasteiger partial charge in [0.25, 0.3) is 5.91 Å². The van der Waals surface area contributed by atoms with Crippen molar-refractivity contribution in [3.8, 4) is 0 Å². The molecular formula is C20H22N4O3S. The SMILES string of the molecule is Cc1ccc2nc(C)cc(C(=O)Nc3cc(C)nn3C3CCS(=O)(=O)C3)c2c1. The molecule has 0 radical (unpaired) electrons. The summed E-state index contributed by atoms with van der Waals surface area (Å²) in [6.45, 7) is 5.65. The predicted octanol–water partition coefficient (Wildman–Crippen LogP) is 2.97. The number of nitrogens with one attached hydrogen (secondary N) is 1. The van der Waals surface area contributed by atoms with Gasteiger partial charge in [-0.3, -0.25) is 9.78 Å². The summed E-state index contributed by atoms with van der Waals surface area (Å²) in [5, 5.41) is 8.14. The molecule has 146 valence electrons. The Kier molecular flexibility index (Phi) is 4.45. The lowest BCUT2D eigenvalue weighted by Crippen LogP contribution is -2.20. The fourth-order valence-electron chi connectivity index (χ4n) is 3.70. The van der Waals surface area contributed by atoms with Crippen LogP contribution in [0.4, 0.5) is 5.82 Å². The second-order valence-electron chi connectivity index (χ2n) is 7.46. The number of hydrogen-bond acceptors (Lipinski definition) is 5. The molecule has 1 aliphatic heterocycles. The summed E-state index contributed by atoms with van der Waals surface area (Å²) < 4.78 is 25.4. The lowest BCUT2D eigenvalue weighted by Gasteiger charge is -2.14. The summed E-state index contributed by atoms with van der Waals surface area (Å²) in [6.07, 6.45) is 0.503. The van der Waals surface area contributed by atoms with Gasteiger partial charge in [0.15, 0.2) is 9.84 Å². The summed E-state index contributed by atoms with van der Waals surface area (Å²) in [7, 11) is -3.05. The maximum atomic E-state index is 13.1. The van der Waals surface area contributed by atoms with Gasteiger partial charge in [-0.2, -0.15) is 5.10 Å². The number of pyridine rings is 1. The van der Waals surface area contributed by atoms with Crippen LogP contribution >= 0.6 is 0 Å². The van der Waals surface area contributed by atoms with Crippen molar-refractivity contribution in [2.24, 2.45) is 0 Å². The van der Waals surface area contributed by atoms with Gasteiger partial charge in [0.05, 0.1) is 34.3 Å². The largest absolute Gasteiger partial charge is 0.307 e. The van der Waals surface area contributed by atoms with Gasteiger partial charge in [-0.05, 0) is 45.4 Å². The number of carbonyl (C=O) groups is 1. The normalized spacial score (nSPS) is 18.5. The third kappa shape index (κ3) is 3.52. The molecule has 3 heterocycles. The van der Waals surface area contributed by atoms with Gasteiger partial charge < -0.3 is 5.32 Å². The van der Waals surface area contributed by atoms with E-state index in [0.717, 1.165) is 27.9 Å². The molecule has 1 N–H and O–H groups in total. The minimum absolute atomic E-state index is 0.0491. The summed E-state index contributed by atoms with van der Waals surface area (Å²) in [5.41, 5.74) is 3.83. The Morgan fingerprint density at radius 1 is 1.14 bits per heavy atom. The third-order valence-electron chi connectivity index (χ3n) is 4.99. The van der Waals surface area contributed by atoms with Crippen molar-refractivity contribution >= 4 is 32.5 Å². The van der Waals surface area contributed by atoms with Crippen LogP contribution in [0.1, 0.15) is 39.8 Å². The molecule has 1 fully saturated rings. The maximum absolute atomic E-state index is 13.1. The Labute approximate surface area is 163 Å². The van der Waals surface area contributed by atoms with Crippen molar-refractivity contribution in [1.82, 2.24) is 14.8 Å². The molecule has 1 atom stereocenters. The average molecular weight is 398 g/mol. The maximum Gasteiger partial charge on any atom is 0.257 e. The number of aryl methyl sites for hydroxylation is 3. The number of rotatable bonds is 3. The zero-order valence-corrected chi connectivity index (χ0v) is 16.9. The number of sulfone groups is 1. The highest BCUT2D eigenvalue weighted by Gasteiger charge is 2.31. The van der Waals surface area contributed by atoms with Crippen LogP contribution < -0.4 is 5.32 Å². The standard InChI is InChI=1S/C20H22N4O3S/c1-12-4-5-18-16(8-12)17(9-13(2)21-18)20(25)22-19-10-14(3)23-24(19)15-6-7-28(26,27)11-15/h4-5,8-10,15H,6-7,11H2,1-3H3,(H,22,25). The van der Waals surface area contributed by atoms with E-state index in [4.69, 9.17) is 0 Å². The Hall–Kier alpha value is -2.74. The lowest BCUT2D eigenvalue weighted by molar-refractivity contribution is 0.102. The molecule has 2 aromatic heterocycles. The summed E-state index contributed by atoms with van der Waals surface area (Å²) in [4.78, 5) is 17.6. The molecule has 28 heavy (non-hydrogen) atoms. The molecule has 1 aliphatic rings. The number of hydrogen-bond donors (Lipinski definition) is 1. The first-order valence-corrected chi connectivity index (χ1v) is 11.0. The molecular weight excluding hydrogens is 376 g/mol. The minimum Gasteiger partial charge on any atom is -0.307 e. The number of fused-ring (bicyclic) bond motifs is 1. The van der Waals surface area contributed by atoms with Crippen molar-refractivity contribution in [3.05, 3.63) is 52.8 Å². The van der Waals surface area contributed by atoms with E-state index < -0.39 is 9.84 Å². The second kappa shape index (κ2) is 6.70. The molecule has 0 bridgehead atoms. The van der Waals surface area contributed by atoms with E-state index in [-0.39, 0.29) is 23.5 Å². The molecule has 1 unspecified atom stereocenters. The number of carbonyl (C=O) groups excluding carboxylic acids is 1. The van der Waals surface area contributed by atoms with E-state index in [9.17, 15) is 13.2 Å². The van der Waals surface area contributed by atoms with E-state index in [1.54, 1.807) is 16.8 Å². The van der Waals surface area contributed by atoms with Crippen LogP contribution in [0.15, 0.2) is 30.3 Å². The Balaban J connectivity index is 1.71. The number of aromatic nitrogens is 3. The molecule has 0 saturated carbocycles. The van der Waals surface area contributed by atoms with E-state index in [0.29, 0.717) is 17.8 Å². The van der Waals surface area contributed by atoms with Crippen LogP contribution in [0.25, 0.3) is 10.9 Å². The fraction of sp³-hybridized carbons (Fsp3) is 0.350. The van der Waals surface area contributed by atoms with Crippen LogP contribution in [-0.2, 0) is 9.84 Å². The zero-order valence-electron chi connectivity index (χ0n) is 16.1. The van der Waals surface area contributed by atoms with Crippen LogP contribution in [-0.4, -0.2) is 40.6 Å². The van der Waals surface area contributed by atoms with Gasteiger partial charge in [0.1, 0.15) is 5.82 Å². The van der Waals surface area contributed by atoms with Gasteiger partial charge >= 0.3 is 0 Å². The lowest BCUT2D eigenvalue weighted by atomic mass is 10.0. The smallest absolute Gasteiger partial charge is 0.257 e. The average Bonchev–Trinajstić information content (AvgIpc) is 3.16. The van der Waals surface area contributed by atoms with Gasteiger partial charge in [0, 0.05) is 17.1 Å². The topological polar surface area (TPSA) is 93.9 Å². The summed E-state index contributed by atoms with van der Waals surface area (Å²) in [6, 6.07) is 9.10. The molecule has 1 amide bonds. The van der Waals surface area contributed by atoms with Crippen molar-refractivity contribution in [2.45, 2.75) is 33.2 Å². The van der Waals surface area contributed by atoms with Gasteiger partial charge in [-0.15, -0.1) is 0 Å². The number of anilines is 1. The Morgan fingerprint density at radius 2 is 1.93 bits per heavy atom. The Morgan fingerprint density at radius 3 is 2.64 bits per heavy atom. The molecule has 7 nitrogen and oxygen atoms in total. The molecule has 0 aliphatic carbocycles. The van der Waals surface area contributed by atoms with E-state index >= 15 is 0 Å². The minimum atomic E-state index is -3.05. The Bertz CT molecular complexity index is 1200. The van der Waals surface area contributed by atoms with Gasteiger partial charge in [-0.1, -0.05) is 11.6 Å². The van der Waals surface area contributed by atoms with E-state index in [1.807, 2.05) is 39.0 Å². The molecule has 8 heteroatoms. The van der Waals surface area contributed by atoms with E-state index in [2.05, 4.69) is 15.4 Å². The highest BCUT2D eigenvalue weighted by Crippen LogP contribution is 2.28. The first kappa shape index (κ1) is 18.6. The first-order chi connectivity index (χ1) is 13.2. The molecule has 1 aromatic carbocycles. The molecule has 0 spiro atoms. The number of amides is 1. The summed E-state index contributed by atoms with van der Waals surface area (Å²) >= 11 is 0. The van der Waals surface area contributed by atoms with Gasteiger partial charge in [-0.25, -0.2) is 13.1 Å². The molecule has 1 saturated heterocycles. The second-order valence-corrected chi connectivity index (χ2v) is 9.69. The third-order valence-corrected chi connectivity index (χ3v) is 6.74. The van der Waals surface area contributed by atoms with Crippen LogP contribution in [0, 0.1) is 20.8 Å². The van der Waals surface area contributed by atoms with Crippen molar-refractivity contribution in [3.63, 3.8) is 0 Å². The number of nitrogens with zero attached hydrogens (tertiary/aromatic N) is 3. The van der Waals surface area contributed by atoms with Crippen molar-refractivity contribution in [2.75, 3.05) is 16.8 Å². The predicted molar refractivity (Wildman–Crippen MR) is 108 cm³/mol. The van der Waals surface area contributed by atoms with Crippen molar-refractivity contribution < 1.29 is 13.2 Å². The number of benzene rings is 1. The first-order valence-electron chi connectivity index (χ1n) is 9.18.